The fraction of sp³-hybridized carbons (Fsp3) is 0.556. The second kappa shape index (κ2) is 9.98. The lowest BCUT2D eigenvalue weighted by Gasteiger charge is -2.13. The minimum Gasteiger partial charge on any atom is -0.464 e. The van der Waals surface area contributed by atoms with Gasteiger partial charge in [-0.05, 0) is 37.5 Å². The topological polar surface area (TPSA) is 55.4 Å². The van der Waals surface area contributed by atoms with Crippen LogP contribution >= 0.6 is 0 Å². The van der Waals surface area contributed by atoms with Crippen LogP contribution in [0.25, 0.3) is 0 Å². The van der Waals surface area contributed by atoms with Crippen LogP contribution in [0.1, 0.15) is 62.4 Å². The Kier molecular flexibility index (Phi) is 8.26. The van der Waals surface area contributed by atoms with Crippen molar-refractivity contribution in [2.45, 2.75) is 58.9 Å². The smallest absolute Gasteiger partial charge is 0.328 e. The average Bonchev–Trinajstić information content (AvgIpc) is 2.54. The lowest BCUT2D eigenvalue weighted by molar-refractivity contribution is -0.145. The second-order valence-corrected chi connectivity index (χ2v) is 5.47. The molecule has 0 aliphatic heterocycles. The van der Waals surface area contributed by atoms with Crippen LogP contribution in [0.15, 0.2) is 24.3 Å². The number of rotatable bonds is 9. The molecule has 1 atom stereocenters. The zero-order valence-electron chi connectivity index (χ0n) is 13.9. The Balaban J connectivity index is 2.37. The molecule has 1 unspecified atom stereocenters. The Morgan fingerprint density at radius 1 is 1.09 bits per heavy atom. The molecule has 0 radical (unpaired) electrons. The van der Waals surface area contributed by atoms with Crippen molar-refractivity contribution in [2.75, 3.05) is 6.61 Å². The van der Waals surface area contributed by atoms with Gasteiger partial charge in [-0.1, -0.05) is 45.2 Å². The molecular formula is C18H27NO3. The number of hydrogen-bond donors (Lipinski definition) is 1. The fourth-order valence-corrected chi connectivity index (χ4v) is 2.06. The van der Waals surface area contributed by atoms with Gasteiger partial charge in [0.2, 0.25) is 0 Å². The van der Waals surface area contributed by atoms with Crippen molar-refractivity contribution >= 4 is 11.9 Å². The number of nitrogens with one attached hydrogen (secondary N) is 1. The number of amides is 1. The van der Waals surface area contributed by atoms with Gasteiger partial charge in [0.15, 0.2) is 0 Å². The van der Waals surface area contributed by atoms with E-state index in [0.29, 0.717) is 12.2 Å². The first-order valence-electron chi connectivity index (χ1n) is 8.14. The van der Waals surface area contributed by atoms with Gasteiger partial charge in [0.25, 0.3) is 5.91 Å². The van der Waals surface area contributed by atoms with Gasteiger partial charge >= 0.3 is 5.97 Å². The predicted molar refractivity (Wildman–Crippen MR) is 87.8 cm³/mol. The Hall–Kier alpha value is -1.84. The van der Waals surface area contributed by atoms with Crippen molar-refractivity contribution in [1.82, 2.24) is 5.32 Å². The van der Waals surface area contributed by atoms with E-state index in [1.165, 1.54) is 5.56 Å². The van der Waals surface area contributed by atoms with Crippen LogP contribution in [0.3, 0.4) is 0 Å². The molecule has 1 aromatic rings. The molecule has 1 amide bonds. The molecule has 0 bridgehead atoms. The molecule has 4 heteroatoms. The predicted octanol–water partition coefficient (Wildman–Crippen LogP) is 3.49. The highest BCUT2D eigenvalue weighted by atomic mass is 16.5. The average molecular weight is 305 g/mol. The number of aryl methyl sites for hydroxylation is 1. The molecule has 0 heterocycles. The quantitative estimate of drug-likeness (QED) is 0.561. The van der Waals surface area contributed by atoms with Gasteiger partial charge in [0.05, 0.1) is 6.61 Å². The number of benzene rings is 1. The molecule has 1 aromatic carbocycles. The van der Waals surface area contributed by atoms with Crippen LogP contribution in [0, 0.1) is 0 Å². The third-order valence-corrected chi connectivity index (χ3v) is 3.57. The molecule has 0 saturated carbocycles. The van der Waals surface area contributed by atoms with Crippen molar-refractivity contribution < 1.29 is 14.3 Å². The third kappa shape index (κ3) is 6.29. The number of hydrogen-bond acceptors (Lipinski definition) is 3. The molecule has 0 aliphatic carbocycles. The summed E-state index contributed by atoms with van der Waals surface area (Å²) < 4.78 is 5.17. The van der Waals surface area contributed by atoms with Crippen molar-refractivity contribution in [3.8, 4) is 0 Å². The molecule has 0 spiro atoms. The van der Waals surface area contributed by atoms with Crippen LogP contribution in [0.2, 0.25) is 0 Å². The maximum atomic E-state index is 12.1. The number of carbonyl (C=O) groups is 2. The third-order valence-electron chi connectivity index (χ3n) is 3.57. The molecule has 1 rings (SSSR count). The SMILES string of the molecule is CCCCCCOC(=O)C(C)NC(=O)c1ccc(CC)cc1. The lowest BCUT2D eigenvalue weighted by Crippen LogP contribution is -2.39. The summed E-state index contributed by atoms with van der Waals surface area (Å²) in [4.78, 5) is 23.9. The first kappa shape index (κ1) is 18.2. The van der Waals surface area contributed by atoms with Gasteiger partial charge < -0.3 is 10.1 Å². The molecule has 4 nitrogen and oxygen atoms in total. The number of ether oxygens (including phenoxy) is 1. The first-order valence-corrected chi connectivity index (χ1v) is 8.14. The second-order valence-electron chi connectivity index (χ2n) is 5.47. The van der Waals surface area contributed by atoms with Gasteiger partial charge in [-0.15, -0.1) is 0 Å². The summed E-state index contributed by atoms with van der Waals surface area (Å²) in [5, 5.41) is 2.67. The minimum absolute atomic E-state index is 0.252. The van der Waals surface area contributed by atoms with Gasteiger partial charge in [0, 0.05) is 5.56 Å². The summed E-state index contributed by atoms with van der Waals surface area (Å²) in [6.45, 7) is 6.27. The summed E-state index contributed by atoms with van der Waals surface area (Å²) in [5.41, 5.74) is 1.73. The van der Waals surface area contributed by atoms with E-state index in [4.69, 9.17) is 4.74 Å². The van der Waals surface area contributed by atoms with Crippen molar-refractivity contribution in [3.05, 3.63) is 35.4 Å². The van der Waals surface area contributed by atoms with E-state index in [0.717, 1.165) is 32.1 Å². The van der Waals surface area contributed by atoms with Crippen LogP contribution in [0.4, 0.5) is 0 Å². The monoisotopic (exact) mass is 305 g/mol. The maximum absolute atomic E-state index is 12.1. The minimum atomic E-state index is -0.635. The van der Waals surface area contributed by atoms with E-state index in [9.17, 15) is 9.59 Å². The highest BCUT2D eigenvalue weighted by molar-refractivity contribution is 5.96. The molecular weight excluding hydrogens is 278 g/mol. The van der Waals surface area contributed by atoms with Gasteiger partial charge in [-0.3, -0.25) is 4.79 Å². The van der Waals surface area contributed by atoms with Gasteiger partial charge in [-0.2, -0.15) is 0 Å². The normalized spacial score (nSPS) is 11.8. The molecule has 0 saturated heterocycles. The molecule has 122 valence electrons. The van der Waals surface area contributed by atoms with Gasteiger partial charge in [-0.25, -0.2) is 4.79 Å². The zero-order valence-corrected chi connectivity index (χ0v) is 13.9. The maximum Gasteiger partial charge on any atom is 0.328 e. The Morgan fingerprint density at radius 3 is 2.36 bits per heavy atom. The van der Waals surface area contributed by atoms with E-state index < -0.39 is 6.04 Å². The Bertz CT molecular complexity index is 468. The van der Waals surface area contributed by atoms with E-state index in [2.05, 4.69) is 19.2 Å². The van der Waals surface area contributed by atoms with Crippen molar-refractivity contribution in [3.63, 3.8) is 0 Å². The van der Waals surface area contributed by atoms with Crippen molar-refractivity contribution in [2.24, 2.45) is 0 Å². The zero-order chi connectivity index (χ0) is 16.4. The fourth-order valence-electron chi connectivity index (χ4n) is 2.06. The Labute approximate surface area is 133 Å². The first-order chi connectivity index (χ1) is 10.6. The van der Waals surface area contributed by atoms with E-state index in [-0.39, 0.29) is 11.9 Å². The van der Waals surface area contributed by atoms with Crippen molar-refractivity contribution in [1.29, 1.82) is 0 Å². The number of esters is 1. The van der Waals surface area contributed by atoms with Crippen LogP contribution in [0.5, 0.6) is 0 Å². The molecule has 0 fully saturated rings. The largest absolute Gasteiger partial charge is 0.464 e. The number of carbonyl (C=O) groups excluding carboxylic acids is 2. The van der Waals surface area contributed by atoms with Gasteiger partial charge in [0.1, 0.15) is 6.04 Å². The number of unbranched alkanes of at least 4 members (excludes halogenated alkanes) is 3. The summed E-state index contributed by atoms with van der Waals surface area (Å²) >= 11 is 0. The van der Waals surface area contributed by atoms with Crippen LogP contribution in [-0.4, -0.2) is 24.5 Å². The summed E-state index contributed by atoms with van der Waals surface area (Å²) in [7, 11) is 0. The summed E-state index contributed by atoms with van der Waals surface area (Å²) in [6, 6.07) is 6.76. The molecule has 22 heavy (non-hydrogen) atoms. The molecule has 1 N–H and O–H groups in total. The van der Waals surface area contributed by atoms with E-state index in [1.807, 2.05) is 12.1 Å². The van der Waals surface area contributed by atoms with E-state index in [1.54, 1.807) is 19.1 Å². The standard InChI is InChI=1S/C18H27NO3/c1-4-6-7-8-13-22-18(21)14(3)19-17(20)16-11-9-15(5-2)10-12-16/h9-12,14H,4-8,13H2,1-3H3,(H,19,20). The summed E-state index contributed by atoms with van der Waals surface area (Å²) in [6.07, 6.45) is 5.17. The van der Waals surface area contributed by atoms with Crippen LogP contribution in [-0.2, 0) is 16.0 Å². The summed E-state index contributed by atoms with van der Waals surface area (Å²) in [5.74, 6) is -0.631. The highest BCUT2D eigenvalue weighted by Gasteiger charge is 2.17. The van der Waals surface area contributed by atoms with Crippen LogP contribution < -0.4 is 5.32 Å². The Morgan fingerprint density at radius 2 is 1.77 bits per heavy atom. The lowest BCUT2D eigenvalue weighted by atomic mass is 10.1. The van der Waals surface area contributed by atoms with E-state index >= 15 is 0 Å². The molecule has 0 aromatic heterocycles. The molecule has 0 aliphatic rings. The highest BCUT2D eigenvalue weighted by Crippen LogP contribution is 2.06.